The maximum absolute atomic E-state index is 6.69. The van der Waals surface area contributed by atoms with Crippen molar-refractivity contribution in [2.24, 2.45) is 0 Å². The molecular formula is C20H25Cl. The highest BCUT2D eigenvalue weighted by atomic mass is 35.5. The second-order valence-corrected chi connectivity index (χ2v) is 7.02. The fraction of sp³-hybridized carbons (Fsp3) is 0.400. The highest BCUT2D eigenvalue weighted by molar-refractivity contribution is 6.22. The van der Waals surface area contributed by atoms with Gasteiger partial charge in [-0.3, -0.25) is 0 Å². The maximum Gasteiger partial charge on any atom is 0.0838 e. The molecule has 0 radical (unpaired) electrons. The topological polar surface area (TPSA) is 0 Å². The van der Waals surface area contributed by atoms with Crippen LogP contribution in [-0.4, -0.2) is 0 Å². The van der Waals surface area contributed by atoms with Crippen LogP contribution in [0.15, 0.2) is 42.5 Å². The molecule has 0 nitrogen and oxygen atoms in total. The molecule has 1 unspecified atom stereocenters. The van der Waals surface area contributed by atoms with Crippen molar-refractivity contribution in [1.82, 2.24) is 0 Å². The second-order valence-electron chi connectivity index (χ2n) is 6.58. The third-order valence-electron chi connectivity index (χ3n) is 4.57. The summed E-state index contributed by atoms with van der Waals surface area (Å²) < 4.78 is 0. The number of rotatable bonds is 4. The first-order chi connectivity index (χ1) is 9.85. The van der Waals surface area contributed by atoms with Crippen LogP contribution in [0.3, 0.4) is 0 Å². The lowest BCUT2D eigenvalue weighted by Crippen LogP contribution is -2.15. The van der Waals surface area contributed by atoms with Crippen molar-refractivity contribution in [3.05, 3.63) is 70.3 Å². The molecule has 0 saturated heterocycles. The third kappa shape index (κ3) is 3.49. The second kappa shape index (κ2) is 6.23. The highest BCUT2D eigenvalue weighted by Crippen LogP contribution is 2.33. The summed E-state index contributed by atoms with van der Waals surface area (Å²) in [7, 11) is 0. The predicted octanol–water partition coefficient (Wildman–Crippen LogP) is 6.32. The van der Waals surface area contributed by atoms with Crippen LogP contribution < -0.4 is 0 Å². The first-order valence-corrected chi connectivity index (χ1v) is 8.10. The Hall–Kier alpha value is -1.27. The van der Waals surface area contributed by atoms with Crippen molar-refractivity contribution in [3.8, 4) is 0 Å². The molecule has 0 aliphatic carbocycles. The van der Waals surface area contributed by atoms with Crippen molar-refractivity contribution in [3.63, 3.8) is 0 Å². The molecule has 0 N–H and O–H groups in total. The Morgan fingerprint density at radius 3 is 2.14 bits per heavy atom. The van der Waals surface area contributed by atoms with Crippen molar-refractivity contribution in [2.45, 2.75) is 51.8 Å². The summed E-state index contributed by atoms with van der Waals surface area (Å²) >= 11 is 6.69. The Bertz CT molecular complexity index is 608. The van der Waals surface area contributed by atoms with Gasteiger partial charge in [-0.2, -0.15) is 0 Å². The lowest BCUT2D eigenvalue weighted by Gasteiger charge is -2.24. The van der Waals surface area contributed by atoms with Gasteiger partial charge < -0.3 is 0 Å². The molecule has 0 spiro atoms. The highest BCUT2D eigenvalue weighted by Gasteiger charge is 2.19. The zero-order valence-corrected chi connectivity index (χ0v) is 14.5. The summed E-state index contributed by atoms with van der Waals surface area (Å²) in [6, 6.07) is 15.3. The fourth-order valence-corrected chi connectivity index (χ4v) is 2.99. The number of benzene rings is 2. The van der Waals surface area contributed by atoms with Crippen LogP contribution in [0.5, 0.6) is 0 Å². The Morgan fingerprint density at radius 1 is 1.00 bits per heavy atom. The van der Waals surface area contributed by atoms with E-state index >= 15 is 0 Å². The van der Waals surface area contributed by atoms with Gasteiger partial charge >= 0.3 is 0 Å². The Morgan fingerprint density at radius 2 is 1.62 bits per heavy atom. The van der Waals surface area contributed by atoms with Crippen molar-refractivity contribution in [2.75, 3.05) is 0 Å². The number of hydrogen-bond acceptors (Lipinski definition) is 0. The molecule has 0 heterocycles. The third-order valence-corrected chi connectivity index (χ3v) is 5.05. The normalized spacial score (nSPS) is 13.2. The van der Waals surface area contributed by atoms with E-state index in [-0.39, 0.29) is 10.8 Å². The first kappa shape index (κ1) is 16.1. The molecular weight excluding hydrogens is 276 g/mol. The lowest BCUT2D eigenvalue weighted by atomic mass is 9.82. The number of hydrogen-bond donors (Lipinski definition) is 0. The van der Waals surface area contributed by atoms with Crippen molar-refractivity contribution in [1.29, 1.82) is 0 Å². The van der Waals surface area contributed by atoms with Crippen molar-refractivity contribution < 1.29 is 0 Å². The predicted molar refractivity (Wildman–Crippen MR) is 93.4 cm³/mol. The Kier molecular flexibility index (Phi) is 4.78. The summed E-state index contributed by atoms with van der Waals surface area (Å²) in [5.74, 6) is 0. The van der Waals surface area contributed by atoms with E-state index in [1.807, 2.05) is 0 Å². The fourth-order valence-electron chi connectivity index (χ4n) is 2.60. The van der Waals surface area contributed by atoms with Crippen LogP contribution in [0, 0.1) is 13.8 Å². The van der Waals surface area contributed by atoms with Gasteiger partial charge in [0, 0.05) is 0 Å². The molecule has 2 rings (SSSR count). The zero-order chi connectivity index (χ0) is 15.6. The number of aryl methyl sites for hydroxylation is 2. The van der Waals surface area contributed by atoms with Crippen LogP contribution in [0.1, 0.15) is 60.4 Å². The molecule has 0 aliphatic heterocycles. The van der Waals surface area contributed by atoms with E-state index in [2.05, 4.69) is 77.1 Å². The summed E-state index contributed by atoms with van der Waals surface area (Å²) in [6.45, 7) is 11.0. The van der Waals surface area contributed by atoms with Gasteiger partial charge in [-0.05, 0) is 47.9 Å². The average Bonchev–Trinajstić information content (AvgIpc) is 2.47. The molecule has 0 saturated carbocycles. The molecule has 2 aromatic carbocycles. The van der Waals surface area contributed by atoms with Gasteiger partial charge in [-0.1, -0.05) is 68.8 Å². The SMILES string of the molecule is CCC(C)(C)c1ccc(C(Cl)c2ccc(C)cc2C)cc1. The van der Waals surface area contributed by atoms with E-state index in [1.165, 1.54) is 27.8 Å². The molecule has 1 heteroatoms. The molecule has 0 amide bonds. The maximum atomic E-state index is 6.69. The van der Waals surface area contributed by atoms with Crippen molar-refractivity contribution >= 4 is 11.6 Å². The van der Waals surface area contributed by atoms with Crippen LogP contribution in [0.4, 0.5) is 0 Å². The van der Waals surface area contributed by atoms with Crippen LogP contribution in [0.2, 0.25) is 0 Å². The lowest BCUT2D eigenvalue weighted by molar-refractivity contribution is 0.506. The van der Waals surface area contributed by atoms with E-state index in [0.29, 0.717) is 0 Å². The van der Waals surface area contributed by atoms with Gasteiger partial charge in [0.15, 0.2) is 0 Å². The molecule has 2 aromatic rings. The standard InChI is InChI=1S/C20H25Cl/c1-6-20(4,5)17-10-8-16(9-11-17)19(21)18-12-7-14(2)13-15(18)3/h7-13,19H,6H2,1-5H3. The molecule has 21 heavy (non-hydrogen) atoms. The van der Waals surface area contributed by atoms with Crippen LogP contribution in [-0.2, 0) is 5.41 Å². The summed E-state index contributed by atoms with van der Waals surface area (Å²) in [6.07, 6.45) is 1.13. The largest absolute Gasteiger partial charge is 0.113 e. The van der Waals surface area contributed by atoms with Gasteiger partial charge in [-0.25, -0.2) is 0 Å². The minimum absolute atomic E-state index is 0.0793. The average molecular weight is 301 g/mol. The van der Waals surface area contributed by atoms with E-state index in [9.17, 15) is 0 Å². The zero-order valence-electron chi connectivity index (χ0n) is 13.7. The molecule has 0 aromatic heterocycles. The quantitative estimate of drug-likeness (QED) is 0.580. The van der Waals surface area contributed by atoms with Gasteiger partial charge in [0.25, 0.3) is 0 Å². The first-order valence-electron chi connectivity index (χ1n) is 7.67. The monoisotopic (exact) mass is 300 g/mol. The summed E-state index contributed by atoms with van der Waals surface area (Å²) in [5.41, 5.74) is 6.50. The summed E-state index contributed by atoms with van der Waals surface area (Å²) in [5, 5.41) is -0.0793. The van der Waals surface area contributed by atoms with E-state index in [4.69, 9.17) is 11.6 Å². The smallest absolute Gasteiger partial charge is 0.0838 e. The minimum atomic E-state index is -0.0793. The van der Waals surface area contributed by atoms with Gasteiger partial charge in [0.1, 0.15) is 0 Å². The Balaban J connectivity index is 2.30. The van der Waals surface area contributed by atoms with E-state index in [0.717, 1.165) is 6.42 Å². The van der Waals surface area contributed by atoms with E-state index in [1.54, 1.807) is 0 Å². The van der Waals surface area contributed by atoms with Gasteiger partial charge in [0.05, 0.1) is 5.38 Å². The molecule has 0 fully saturated rings. The van der Waals surface area contributed by atoms with Gasteiger partial charge in [0.2, 0.25) is 0 Å². The summed E-state index contributed by atoms with van der Waals surface area (Å²) in [4.78, 5) is 0. The van der Waals surface area contributed by atoms with Crippen LogP contribution in [0.25, 0.3) is 0 Å². The molecule has 0 bridgehead atoms. The van der Waals surface area contributed by atoms with Gasteiger partial charge in [-0.15, -0.1) is 11.6 Å². The van der Waals surface area contributed by atoms with Crippen LogP contribution >= 0.6 is 11.6 Å². The minimum Gasteiger partial charge on any atom is -0.113 e. The molecule has 112 valence electrons. The number of alkyl halides is 1. The number of halogens is 1. The molecule has 0 aliphatic rings. The van der Waals surface area contributed by atoms with E-state index < -0.39 is 0 Å². The molecule has 1 atom stereocenters. The Labute approximate surface area is 134 Å².